The molecule has 1 saturated heterocycles. The monoisotopic (exact) mass is 310 g/mol. The zero-order valence-electron chi connectivity index (χ0n) is 11.8. The second-order valence-corrected chi connectivity index (χ2v) is 5.57. The van der Waals surface area contributed by atoms with Gasteiger partial charge in [0.25, 0.3) is 0 Å². The van der Waals surface area contributed by atoms with Gasteiger partial charge in [-0.15, -0.1) is 0 Å². The first kappa shape index (κ1) is 15.6. The highest BCUT2D eigenvalue weighted by molar-refractivity contribution is 6.30. The molecule has 1 aromatic carbocycles. The highest BCUT2D eigenvalue weighted by Gasteiger charge is 2.26. The summed E-state index contributed by atoms with van der Waals surface area (Å²) in [5.74, 6) is 0.126. The third-order valence-corrected chi connectivity index (χ3v) is 3.83. The Bertz CT molecular complexity index is 504. The number of hydrogen-bond acceptors (Lipinski definition) is 3. The van der Waals surface area contributed by atoms with E-state index in [0.717, 1.165) is 12.8 Å². The lowest BCUT2D eigenvalue weighted by Crippen LogP contribution is -2.44. The Morgan fingerprint density at radius 1 is 1.33 bits per heavy atom. The van der Waals surface area contributed by atoms with Crippen molar-refractivity contribution in [3.63, 3.8) is 0 Å². The van der Waals surface area contributed by atoms with E-state index in [4.69, 9.17) is 22.1 Å². The molecule has 114 valence electrons. The summed E-state index contributed by atoms with van der Waals surface area (Å²) in [5.41, 5.74) is 5.31. The van der Waals surface area contributed by atoms with Crippen molar-refractivity contribution in [1.82, 2.24) is 4.90 Å². The zero-order valence-corrected chi connectivity index (χ0v) is 12.5. The Balaban J connectivity index is 1.76. The molecule has 2 rings (SSSR count). The fourth-order valence-electron chi connectivity index (χ4n) is 2.38. The average Bonchev–Trinajstić information content (AvgIpc) is 2.49. The number of rotatable bonds is 5. The number of nitrogens with two attached hydrogens (primary N) is 1. The summed E-state index contributed by atoms with van der Waals surface area (Å²) in [6, 6.07) is 7.00. The largest absolute Gasteiger partial charge is 0.493 e. The molecule has 0 aliphatic carbocycles. The van der Waals surface area contributed by atoms with Crippen molar-refractivity contribution < 1.29 is 14.3 Å². The number of benzene rings is 1. The van der Waals surface area contributed by atoms with Gasteiger partial charge in [-0.05, 0) is 37.1 Å². The van der Waals surface area contributed by atoms with Crippen molar-refractivity contribution in [3.8, 4) is 5.75 Å². The molecule has 1 atom stereocenters. The number of likely N-dealkylation sites (tertiary alicyclic amines) is 1. The van der Waals surface area contributed by atoms with E-state index in [9.17, 15) is 9.59 Å². The van der Waals surface area contributed by atoms with Crippen LogP contribution in [0.3, 0.4) is 0 Å². The van der Waals surface area contributed by atoms with Gasteiger partial charge >= 0.3 is 0 Å². The van der Waals surface area contributed by atoms with Crippen LogP contribution in [0.15, 0.2) is 24.3 Å². The minimum absolute atomic E-state index is 0.00471. The number of primary amides is 1. The quantitative estimate of drug-likeness (QED) is 0.902. The summed E-state index contributed by atoms with van der Waals surface area (Å²) in [7, 11) is 0. The summed E-state index contributed by atoms with van der Waals surface area (Å²) in [4.78, 5) is 25.0. The number of carbonyl (C=O) groups is 2. The number of halogens is 1. The Hall–Kier alpha value is -1.75. The van der Waals surface area contributed by atoms with Crippen LogP contribution in [0.5, 0.6) is 5.75 Å². The Kier molecular flexibility index (Phi) is 5.44. The third kappa shape index (κ3) is 4.63. The predicted molar refractivity (Wildman–Crippen MR) is 80.1 cm³/mol. The van der Waals surface area contributed by atoms with Crippen molar-refractivity contribution in [2.75, 3.05) is 19.7 Å². The molecule has 1 unspecified atom stereocenters. The molecule has 0 aromatic heterocycles. The molecule has 6 heteroatoms. The second-order valence-electron chi connectivity index (χ2n) is 5.13. The van der Waals surface area contributed by atoms with E-state index in [2.05, 4.69) is 0 Å². The van der Waals surface area contributed by atoms with Gasteiger partial charge < -0.3 is 15.4 Å². The topological polar surface area (TPSA) is 72.6 Å². The average molecular weight is 311 g/mol. The Labute approximate surface area is 129 Å². The van der Waals surface area contributed by atoms with E-state index < -0.39 is 0 Å². The van der Waals surface area contributed by atoms with E-state index in [1.165, 1.54) is 0 Å². The highest BCUT2D eigenvalue weighted by atomic mass is 35.5. The van der Waals surface area contributed by atoms with Crippen LogP contribution in [0.25, 0.3) is 0 Å². The number of amides is 2. The standard InChI is InChI=1S/C15H19ClN2O3/c16-12-3-5-13(6-4-12)21-9-7-14(19)18-8-1-2-11(10-18)15(17)20/h3-6,11H,1-2,7-10H2,(H2,17,20). The van der Waals surface area contributed by atoms with Crippen LogP contribution in [0.4, 0.5) is 0 Å². The van der Waals surface area contributed by atoms with Gasteiger partial charge in [-0.1, -0.05) is 11.6 Å². The molecule has 0 saturated carbocycles. The smallest absolute Gasteiger partial charge is 0.226 e. The van der Waals surface area contributed by atoms with Crippen molar-refractivity contribution in [1.29, 1.82) is 0 Å². The van der Waals surface area contributed by atoms with Crippen molar-refractivity contribution in [3.05, 3.63) is 29.3 Å². The van der Waals surface area contributed by atoms with Crippen molar-refractivity contribution >= 4 is 23.4 Å². The predicted octanol–water partition coefficient (Wildman–Crippen LogP) is 1.83. The summed E-state index contributed by atoms with van der Waals surface area (Å²) in [6.07, 6.45) is 1.87. The summed E-state index contributed by atoms with van der Waals surface area (Å²) >= 11 is 5.78. The molecule has 1 aromatic rings. The van der Waals surface area contributed by atoms with Crippen LogP contribution in [0.2, 0.25) is 5.02 Å². The summed E-state index contributed by atoms with van der Waals surface area (Å²) in [5, 5.41) is 0.643. The zero-order chi connectivity index (χ0) is 15.2. The van der Waals surface area contributed by atoms with Gasteiger partial charge in [0.2, 0.25) is 11.8 Å². The Morgan fingerprint density at radius 3 is 2.71 bits per heavy atom. The summed E-state index contributed by atoms with van der Waals surface area (Å²) in [6.45, 7) is 1.41. The van der Waals surface area contributed by atoms with Gasteiger partial charge in [0.05, 0.1) is 18.9 Å². The number of nitrogens with zero attached hydrogens (tertiary/aromatic N) is 1. The van der Waals surface area contributed by atoms with E-state index in [1.54, 1.807) is 29.2 Å². The van der Waals surface area contributed by atoms with Crippen LogP contribution in [-0.4, -0.2) is 36.4 Å². The molecule has 0 radical (unpaired) electrons. The van der Waals surface area contributed by atoms with E-state index in [1.807, 2.05) is 0 Å². The van der Waals surface area contributed by atoms with Gasteiger partial charge in [-0.3, -0.25) is 9.59 Å². The number of carbonyl (C=O) groups excluding carboxylic acids is 2. The maximum Gasteiger partial charge on any atom is 0.226 e. The first-order chi connectivity index (χ1) is 10.1. The molecular weight excluding hydrogens is 292 g/mol. The molecule has 1 aliphatic rings. The third-order valence-electron chi connectivity index (χ3n) is 3.57. The van der Waals surface area contributed by atoms with Gasteiger partial charge in [-0.25, -0.2) is 0 Å². The van der Waals surface area contributed by atoms with Crippen LogP contribution in [0, 0.1) is 5.92 Å². The molecule has 2 amide bonds. The molecule has 21 heavy (non-hydrogen) atoms. The maximum atomic E-state index is 12.1. The minimum Gasteiger partial charge on any atom is -0.493 e. The normalized spacial score (nSPS) is 18.3. The van der Waals surface area contributed by atoms with Crippen molar-refractivity contribution in [2.45, 2.75) is 19.3 Å². The number of ether oxygens (including phenoxy) is 1. The fourth-order valence-corrected chi connectivity index (χ4v) is 2.51. The maximum absolute atomic E-state index is 12.1. The molecule has 0 spiro atoms. The van der Waals surface area contributed by atoms with E-state index >= 15 is 0 Å². The van der Waals surface area contributed by atoms with E-state index in [0.29, 0.717) is 30.5 Å². The molecule has 5 nitrogen and oxygen atoms in total. The van der Waals surface area contributed by atoms with Gasteiger partial charge in [0.15, 0.2) is 0 Å². The van der Waals surface area contributed by atoms with Crippen LogP contribution >= 0.6 is 11.6 Å². The first-order valence-corrected chi connectivity index (χ1v) is 7.39. The molecule has 1 aliphatic heterocycles. The molecular formula is C15H19ClN2O3. The van der Waals surface area contributed by atoms with E-state index in [-0.39, 0.29) is 24.2 Å². The van der Waals surface area contributed by atoms with Gasteiger partial charge in [-0.2, -0.15) is 0 Å². The minimum atomic E-state index is -0.329. The van der Waals surface area contributed by atoms with Crippen molar-refractivity contribution in [2.24, 2.45) is 11.7 Å². The molecule has 2 N–H and O–H groups in total. The molecule has 1 fully saturated rings. The number of piperidine rings is 1. The fraction of sp³-hybridized carbons (Fsp3) is 0.467. The SMILES string of the molecule is NC(=O)C1CCCN(C(=O)CCOc2ccc(Cl)cc2)C1. The van der Waals surface area contributed by atoms with Crippen LogP contribution in [-0.2, 0) is 9.59 Å². The highest BCUT2D eigenvalue weighted by Crippen LogP contribution is 2.18. The molecule has 1 heterocycles. The van der Waals surface area contributed by atoms with Gasteiger partial charge in [0.1, 0.15) is 5.75 Å². The lowest BCUT2D eigenvalue weighted by molar-refractivity contribution is -0.135. The molecule has 0 bridgehead atoms. The lowest BCUT2D eigenvalue weighted by Gasteiger charge is -2.31. The second kappa shape index (κ2) is 7.31. The lowest BCUT2D eigenvalue weighted by atomic mass is 9.97. The van der Waals surface area contributed by atoms with Crippen LogP contribution in [0.1, 0.15) is 19.3 Å². The first-order valence-electron chi connectivity index (χ1n) is 7.01. The summed E-state index contributed by atoms with van der Waals surface area (Å²) < 4.78 is 5.50. The number of hydrogen-bond donors (Lipinski definition) is 1. The van der Waals surface area contributed by atoms with Crippen LogP contribution < -0.4 is 10.5 Å². The van der Waals surface area contributed by atoms with Gasteiger partial charge in [0, 0.05) is 18.1 Å². The Morgan fingerprint density at radius 2 is 2.05 bits per heavy atom.